The Kier molecular flexibility index (Phi) is 7.61. The summed E-state index contributed by atoms with van der Waals surface area (Å²) in [7, 11) is 0.163. The van der Waals surface area contributed by atoms with Gasteiger partial charge in [0, 0.05) is 0 Å². The molecule has 5 aliphatic carbocycles. The molecular formula is C30H56P2. The first-order valence-corrected chi connectivity index (χ1v) is 17.4. The van der Waals surface area contributed by atoms with E-state index in [0.29, 0.717) is 15.5 Å². The molecule has 32 heavy (non-hydrogen) atoms. The highest BCUT2D eigenvalue weighted by atomic mass is 31.1. The fourth-order valence-electron chi connectivity index (χ4n) is 9.05. The van der Waals surface area contributed by atoms with Crippen molar-refractivity contribution in [2.24, 2.45) is 35.5 Å². The zero-order valence-corrected chi connectivity index (χ0v) is 25.0. The van der Waals surface area contributed by atoms with Gasteiger partial charge in [0.1, 0.15) is 0 Å². The van der Waals surface area contributed by atoms with Crippen LogP contribution in [0.2, 0.25) is 0 Å². The van der Waals surface area contributed by atoms with E-state index in [9.17, 15) is 0 Å². The average Bonchev–Trinajstić information content (AvgIpc) is 2.62. The molecule has 5 rings (SSSR count). The van der Waals surface area contributed by atoms with Gasteiger partial charge in [-0.05, 0) is 114 Å². The second-order valence-electron chi connectivity index (χ2n) is 15.5. The highest BCUT2D eigenvalue weighted by Gasteiger charge is 2.52. The van der Waals surface area contributed by atoms with Crippen LogP contribution < -0.4 is 0 Å². The zero-order chi connectivity index (χ0) is 23.5. The lowest BCUT2D eigenvalue weighted by atomic mass is 9.56. The molecule has 4 bridgehead atoms. The van der Waals surface area contributed by atoms with Crippen LogP contribution in [0.3, 0.4) is 0 Å². The Bertz CT molecular complexity index is 589. The second kappa shape index (κ2) is 9.38. The molecule has 0 aromatic carbocycles. The van der Waals surface area contributed by atoms with Gasteiger partial charge in [0.25, 0.3) is 0 Å². The van der Waals surface area contributed by atoms with Crippen LogP contribution in [0, 0.1) is 35.5 Å². The third-order valence-corrected chi connectivity index (χ3v) is 18.2. The first-order chi connectivity index (χ1) is 14.7. The van der Waals surface area contributed by atoms with Crippen molar-refractivity contribution in [3.8, 4) is 0 Å². The van der Waals surface area contributed by atoms with Gasteiger partial charge in [-0.3, -0.25) is 0 Å². The Balaban J connectivity index is 1.53. The zero-order valence-electron chi connectivity index (χ0n) is 23.2. The minimum atomic E-state index is 0.0376. The van der Waals surface area contributed by atoms with Crippen LogP contribution in [-0.2, 0) is 0 Å². The third-order valence-electron chi connectivity index (χ3n) is 9.93. The molecular weight excluding hydrogens is 422 g/mol. The van der Waals surface area contributed by atoms with Crippen molar-refractivity contribution < 1.29 is 0 Å². The van der Waals surface area contributed by atoms with E-state index in [-0.39, 0.29) is 15.8 Å². The first kappa shape index (κ1) is 25.9. The van der Waals surface area contributed by atoms with Gasteiger partial charge < -0.3 is 0 Å². The van der Waals surface area contributed by atoms with E-state index in [1.165, 1.54) is 19.3 Å². The monoisotopic (exact) mass is 478 g/mol. The summed E-state index contributed by atoms with van der Waals surface area (Å²) in [5.41, 5.74) is 1.12. The normalized spacial score (nSPS) is 39.0. The van der Waals surface area contributed by atoms with E-state index in [2.05, 4.69) is 62.3 Å². The molecule has 0 saturated heterocycles. The summed E-state index contributed by atoms with van der Waals surface area (Å²) in [5.74, 6) is 6.50. The summed E-state index contributed by atoms with van der Waals surface area (Å²) in [6.07, 6.45) is 17.3. The molecule has 0 aliphatic heterocycles. The van der Waals surface area contributed by atoms with Gasteiger partial charge in [0.2, 0.25) is 0 Å². The number of rotatable bonds is 5. The lowest BCUT2D eigenvalue weighted by Crippen LogP contribution is -2.49. The second-order valence-corrected chi connectivity index (χ2v) is 22.6. The van der Waals surface area contributed by atoms with Gasteiger partial charge in [-0.25, -0.2) is 0 Å². The van der Waals surface area contributed by atoms with Crippen LogP contribution in [0.25, 0.3) is 0 Å². The van der Waals surface area contributed by atoms with E-state index in [1.54, 1.807) is 50.8 Å². The molecule has 0 heterocycles. The van der Waals surface area contributed by atoms with Crippen LogP contribution >= 0.6 is 15.8 Å². The maximum absolute atomic E-state index is 2.64. The van der Waals surface area contributed by atoms with Crippen LogP contribution in [0.1, 0.15) is 120 Å². The standard InChI is InChI=1S/C30H56P2/c1-28(2,3)31(27-25-15-21-14-22(17-25)18-26(27)16-21)19-23-12-10-11-13-24(23)20-32(29(4,5)6)30(7,8)9/h21-27H,10-20H2,1-9H3. The van der Waals surface area contributed by atoms with Crippen molar-refractivity contribution in [1.82, 2.24) is 0 Å². The molecule has 0 spiro atoms. The molecule has 186 valence electrons. The predicted octanol–water partition coefficient (Wildman–Crippen LogP) is 9.98. The smallest absolute Gasteiger partial charge is 0.0147 e. The summed E-state index contributed by atoms with van der Waals surface area (Å²) in [6, 6.07) is 0. The summed E-state index contributed by atoms with van der Waals surface area (Å²) < 4.78 is 0. The van der Waals surface area contributed by atoms with Gasteiger partial charge in [-0.2, -0.15) is 0 Å². The largest absolute Gasteiger partial charge is 0.0971 e. The van der Waals surface area contributed by atoms with Gasteiger partial charge >= 0.3 is 0 Å². The third kappa shape index (κ3) is 5.64. The average molecular weight is 479 g/mol. The summed E-state index contributed by atoms with van der Waals surface area (Å²) in [5, 5.41) is 1.49. The van der Waals surface area contributed by atoms with Crippen molar-refractivity contribution in [1.29, 1.82) is 0 Å². The maximum Gasteiger partial charge on any atom is -0.0147 e. The molecule has 5 fully saturated rings. The number of hydrogen-bond acceptors (Lipinski definition) is 0. The van der Waals surface area contributed by atoms with Gasteiger partial charge in [0.05, 0.1) is 0 Å². The Morgan fingerprint density at radius 1 is 0.562 bits per heavy atom. The molecule has 0 radical (unpaired) electrons. The van der Waals surface area contributed by atoms with Gasteiger partial charge in [-0.15, -0.1) is 0 Å². The van der Waals surface area contributed by atoms with Crippen LogP contribution in [0.15, 0.2) is 0 Å². The fraction of sp³-hybridized carbons (Fsp3) is 1.00. The van der Waals surface area contributed by atoms with E-state index in [4.69, 9.17) is 0 Å². The minimum Gasteiger partial charge on any atom is -0.0971 e. The molecule has 0 amide bonds. The van der Waals surface area contributed by atoms with E-state index < -0.39 is 0 Å². The van der Waals surface area contributed by atoms with Crippen molar-refractivity contribution >= 4 is 15.8 Å². The van der Waals surface area contributed by atoms with Crippen LogP contribution in [0.4, 0.5) is 0 Å². The lowest BCUT2D eigenvalue weighted by molar-refractivity contribution is 0.0240. The quantitative estimate of drug-likeness (QED) is 0.345. The molecule has 3 unspecified atom stereocenters. The van der Waals surface area contributed by atoms with E-state index in [0.717, 1.165) is 41.2 Å². The van der Waals surface area contributed by atoms with E-state index >= 15 is 0 Å². The highest BCUT2D eigenvalue weighted by molar-refractivity contribution is 7.61. The fourth-order valence-corrected chi connectivity index (χ4v) is 17.3. The van der Waals surface area contributed by atoms with Crippen molar-refractivity contribution in [3.05, 3.63) is 0 Å². The molecule has 5 saturated carbocycles. The van der Waals surface area contributed by atoms with Gasteiger partial charge in [0.15, 0.2) is 0 Å². The number of hydrogen-bond donors (Lipinski definition) is 0. The SMILES string of the molecule is CC(C)(C)P(CC1CCCCC1CP(C(C)(C)C)C(C)(C)C)C1C2CC3CC(C2)CC1C3. The van der Waals surface area contributed by atoms with E-state index in [1.807, 2.05) is 0 Å². The summed E-state index contributed by atoms with van der Waals surface area (Å²) in [6.45, 7) is 23.2. The predicted molar refractivity (Wildman–Crippen MR) is 149 cm³/mol. The van der Waals surface area contributed by atoms with Crippen LogP contribution in [-0.4, -0.2) is 33.5 Å². The Morgan fingerprint density at radius 3 is 1.41 bits per heavy atom. The molecule has 2 heteroatoms. The molecule has 0 aromatic heterocycles. The lowest BCUT2D eigenvalue weighted by Gasteiger charge is -2.59. The highest BCUT2D eigenvalue weighted by Crippen LogP contribution is 2.69. The summed E-state index contributed by atoms with van der Waals surface area (Å²) in [4.78, 5) is 0. The Labute approximate surface area is 204 Å². The van der Waals surface area contributed by atoms with Crippen LogP contribution in [0.5, 0.6) is 0 Å². The summed E-state index contributed by atoms with van der Waals surface area (Å²) >= 11 is 0. The molecule has 0 nitrogen and oxygen atoms in total. The van der Waals surface area contributed by atoms with Crippen molar-refractivity contribution in [2.45, 2.75) is 141 Å². The minimum absolute atomic E-state index is 0.0376. The maximum atomic E-state index is 2.64. The van der Waals surface area contributed by atoms with Crippen molar-refractivity contribution in [2.75, 3.05) is 12.3 Å². The molecule has 3 atom stereocenters. The Morgan fingerprint density at radius 2 is 1.00 bits per heavy atom. The van der Waals surface area contributed by atoms with Gasteiger partial charge in [-0.1, -0.05) is 91.0 Å². The Hall–Kier alpha value is 0.860. The molecule has 0 aromatic rings. The molecule has 0 N–H and O–H groups in total. The first-order valence-electron chi connectivity index (χ1n) is 14.3. The molecule has 5 aliphatic rings. The topological polar surface area (TPSA) is 0 Å². The van der Waals surface area contributed by atoms with Crippen molar-refractivity contribution in [3.63, 3.8) is 0 Å².